The Hall–Kier alpha value is -1.79. The molecule has 7 heteroatoms. The summed E-state index contributed by atoms with van der Waals surface area (Å²) in [4.78, 5) is 19.1. The smallest absolute Gasteiger partial charge is 0.293 e. The van der Waals surface area contributed by atoms with Gasteiger partial charge in [-0.2, -0.15) is 4.98 Å². The number of benzene rings is 1. The second kappa shape index (κ2) is 5.14. The average Bonchev–Trinajstić information content (AvgIpc) is 2.87. The zero-order chi connectivity index (χ0) is 15.3. The summed E-state index contributed by atoms with van der Waals surface area (Å²) in [6.45, 7) is 2.11. The molecule has 116 valence electrons. The van der Waals surface area contributed by atoms with Crippen LogP contribution in [0, 0.1) is 5.92 Å². The van der Waals surface area contributed by atoms with Gasteiger partial charge < -0.3 is 15.5 Å². The van der Waals surface area contributed by atoms with Crippen LogP contribution in [0.2, 0.25) is 5.02 Å². The van der Waals surface area contributed by atoms with E-state index in [1.54, 1.807) is 12.1 Å². The minimum atomic E-state index is -0.182. The van der Waals surface area contributed by atoms with Gasteiger partial charge in [-0.25, -0.2) is 0 Å². The molecule has 0 saturated carbocycles. The number of hydrogen-bond donors (Lipinski definition) is 2. The second-order valence-electron chi connectivity index (χ2n) is 6.06. The molecule has 3 N–H and O–H groups in total. The van der Waals surface area contributed by atoms with Crippen LogP contribution in [-0.2, 0) is 0 Å². The minimum absolute atomic E-state index is 0.0341. The number of carbonyl (C=O) groups excluding carboxylic acids is 1. The van der Waals surface area contributed by atoms with Crippen molar-refractivity contribution >= 4 is 34.6 Å². The summed E-state index contributed by atoms with van der Waals surface area (Å²) < 4.78 is 5.27. The molecule has 1 aromatic carbocycles. The number of amides is 1. The molecule has 0 aliphatic carbocycles. The van der Waals surface area contributed by atoms with Crippen molar-refractivity contribution in [2.24, 2.45) is 5.92 Å². The number of anilines is 1. The van der Waals surface area contributed by atoms with Gasteiger partial charge in [0.15, 0.2) is 5.58 Å². The van der Waals surface area contributed by atoms with Gasteiger partial charge in [-0.05, 0) is 31.2 Å². The number of oxazole rings is 1. The maximum atomic E-state index is 12.6. The Morgan fingerprint density at radius 1 is 1.41 bits per heavy atom. The molecule has 0 unspecified atom stereocenters. The van der Waals surface area contributed by atoms with Crippen LogP contribution >= 0.6 is 11.6 Å². The van der Waals surface area contributed by atoms with Gasteiger partial charge in [0.05, 0.1) is 11.7 Å². The summed E-state index contributed by atoms with van der Waals surface area (Å²) in [5.41, 5.74) is 6.88. The highest BCUT2D eigenvalue weighted by molar-refractivity contribution is 6.32. The number of nitrogen functional groups attached to an aromatic ring is 1. The number of halogens is 1. The number of nitrogens with one attached hydrogen (secondary N) is 1. The Labute approximate surface area is 132 Å². The molecule has 2 bridgehead atoms. The summed E-state index contributed by atoms with van der Waals surface area (Å²) in [5.74, 6) is 0.538. The van der Waals surface area contributed by atoms with Crippen molar-refractivity contribution in [1.82, 2.24) is 15.2 Å². The number of rotatable bonds is 2. The van der Waals surface area contributed by atoms with Crippen molar-refractivity contribution in [2.45, 2.75) is 25.4 Å². The lowest BCUT2D eigenvalue weighted by Crippen LogP contribution is -2.56. The third kappa shape index (κ3) is 2.32. The Bertz CT molecular complexity index is 736. The highest BCUT2D eigenvalue weighted by atomic mass is 35.5. The monoisotopic (exact) mass is 320 g/mol. The van der Waals surface area contributed by atoms with Gasteiger partial charge in [-0.15, -0.1) is 0 Å². The molecule has 22 heavy (non-hydrogen) atoms. The van der Waals surface area contributed by atoms with Crippen LogP contribution in [-0.4, -0.2) is 35.0 Å². The quantitative estimate of drug-likeness (QED) is 0.886. The van der Waals surface area contributed by atoms with Crippen molar-refractivity contribution in [3.63, 3.8) is 0 Å². The van der Waals surface area contributed by atoms with Crippen molar-refractivity contribution in [3.8, 4) is 0 Å². The van der Waals surface area contributed by atoms with Gasteiger partial charge in [0.1, 0.15) is 5.52 Å². The Morgan fingerprint density at radius 3 is 2.86 bits per heavy atom. The molecule has 4 heterocycles. The van der Waals surface area contributed by atoms with E-state index in [2.05, 4.69) is 15.2 Å². The molecule has 5 rings (SSSR count). The number of aromatic nitrogens is 1. The molecule has 1 atom stereocenters. The summed E-state index contributed by atoms with van der Waals surface area (Å²) in [5, 5.41) is 3.53. The zero-order valence-corrected chi connectivity index (χ0v) is 12.8. The predicted molar refractivity (Wildman–Crippen MR) is 83.6 cm³/mol. The SMILES string of the molecule is Nc1nc2c(C(=O)N[C@@H]3CC4CCN3CC4)cc(Cl)cc2o1. The molecule has 3 fully saturated rings. The van der Waals surface area contributed by atoms with Crippen LogP contribution in [0.1, 0.15) is 29.6 Å². The number of nitrogens with two attached hydrogens (primary N) is 1. The van der Waals surface area contributed by atoms with Crippen LogP contribution in [0.5, 0.6) is 0 Å². The van der Waals surface area contributed by atoms with E-state index < -0.39 is 0 Å². The third-order valence-electron chi connectivity index (χ3n) is 4.67. The number of piperidine rings is 3. The molecule has 0 radical (unpaired) electrons. The molecular weight excluding hydrogens is 304 g/mol. The Morgan fingerprint density at radius 2 is 2.18 bits per heavy atom. The Kier molecular flexibility index (Phi) is 3.23. The van der Waals surface area contributed by atoms with E-state index in [1.807, 2.05) is 0 Å². The van der Waals surface area contributed by atoms with Crippen molar-refractivity contribution in [3.05, 3.63) is 22.7 Å². The van der Waals surface area contributed by atoms with E-state index in [1.165, 1.54) is 12.8 Å². The van der Waals surface area contributed by atoms with E-state index in [9.17, 15) is 4.79 Å². The first-order chi connectivity index (χ1) is 10.6. The predicted octanol–water partition coefficient (Wildman–Crippen LogP) is 2.24. The third-order valence-corrected chi connectivity index (χ3v) is 4.88. The fraction of sp³-hybridized carbons (Fsp3) is 0.467. The van der Waals surface area contributed by atoms with E-state index in [-0.39, 0.29) is 18.1 Å². The normalized spacial score (nSPS) is 27.2. The second-order valence-corrected chi connectivity index (χ2v) is 6.49. The standard InChI is InChI=1S/C15H17ClN4O2/c16-9-6-10(13-11(7-9)22-15(17)19-13)14(21)18-12-5-8-1-3-20(12)4-2-8/h6-8,12H,1-5H2,(H2,17,19)(H,18,21)/t12-/m0/s1. The maximum absolute atomic E-state index is 12.6. The van der Waals surface area contributed by atoms with Crippen LogP contribution in [0.3, 0.4) is 0 Å². The maximum Gasteiger partial charge on any atom is 0.293 e. The van der Waals surface area contributed by atoms with E-state index in [0.29, 0.717) is 21.7 Å². The first kappa shape index (κ1) is 13.8. The summed E-state index contributed by atoms with van der Waals surface area (Å²) >= 11 is 6.06. The largest absolute Gasteiger partial charge is 0.424 e. The van der Waals surface area contributed by atoms with E-state index in [0.717, 1.165) is 25.4 Å². The van der Waals surface area contributed by atoms with Crippen molar-refractivity contribution < 1.29 is 9.21 Å². The molecule has 3 aliphatic heterocycles. The van der Waals surface area contributed by atoms with Gasteiger partial charge in [0.25, 0.3) is 11.9 Å². The minimum Gasteiger partial charge on any atom is -0.424 e. The highest BCUT2D eigenvalue weighted by Crippen LogP contribution is 2.31. The van der Waals surface area contributed by atoms with Gasteiger partial charge >= 0.3 is 0 Å². The van der Waals surface area contributed by atoms with Gasteiger partial charge in [0.2, 0.25) is 0 Å². The summed E-state index contributed by atoms with van der Waals surface area (Å²) in [7, 11) is 0. The number of carbonyl (C=O) groups is 1. The summed E-state index contributed by atoms with van der Waals surface area (Å²) in [6.07, 6.45) is 3.57. The lowest BCUT2D eigenvalue weighted by Gasteiger charge is -2.45. The van der Waals surface area contributed by atoms with Crippen molar-refractivity contribution in [2.75, 3.05) is 18.8 Å². The molecule has 6 nitrogen and oxygen atoms in total. The molecule has 2 aromatic rings. The van der Waals surface area contributed by atoms with Crippen LogP contribution in [0.15, 0.2) is 16.5 Å². The number of hydrogen-bond acceptors (Lipinski definition) is 5. The molecular formula is C15H17ClN4O2. The van der Waals surface area contributed by atoms with Gasteiger partial charge in [-0.1, -0.05) is 11.6 Å². The summed E-state index contributed by atoms with van der Waals surface area (Å²) in [6, 6.07) is 3.26. The number of fused-ring (bicyclic) bond motifs is 4. The highest BCUT2D eigenvalue weighted by Gasteiger charge is 2.34. The lowest BCUT2D eigenvalue weighted by molar-refractivity contribution is 0.0295. The van der Waals surface area contributed by atoms with E-state index >= 15 is 0 Å². The van der Waals surface area contributed by atoms with Crippen LogP contribution in [0.4, 0.5) is 6.01 Å². The fourth-order valence-corrected chi connectivity index (χ4v) is 3.74. The molecule has 3 aliphatic rings. The molecule has 1 amide bonds. The fourth-order valence-electron chi connectivity index (χ4n) is 3.53. The van der Waals surface area contributed by atoms with Gasteiger partial charge in [0, 0.05) is 24.2 Å². The first-order valence-corrected chi connectivity index (χ1v) is 7.88. The van der Waals surface area contributed by atoms with Crippen LogP contribution in [0.25, 0.3) is 11.1 Å². The average molecular weight is 321 g/mol. The van der Waals surface area contributed by atoms with Gasteiger partial charge in [-0.3, -0.25) is 9.69 Å². The molecule has 1 aromatic heterocycles. The van der Waals surface area contributed by atoms with E-state index in [4.69, 9.17) is 21.8 Å². The lowest BCUT2D eigenvalue weighted by atomic mass is 9.86. The van der Waals surface area contributed by atoms with Crippen LogP contribution < -0.4 is 11.1 Å². The molecule has 3 saturated heterocycles. The Balaban J connectivity index is 1.62. The molecule has 0 spiro atoms. The number of nitrogens with zero attached hydrogens (tertiary/aromatic N) is 2. The first-order valence-electron chi connectivity index (χ1n) is 7.50. The van der Waals surface area contributed by atoms with Crippen molar-refractivity contribution in [1.29, 1.82) is 0 Å². The topological polar surface area (TPSA) is 84.4 Å². The zero-order valence-electron chi connectivity index (χ0n) is 12.0.